The lowest BCUT2D eigenvalue weighted by molar-refractivity contribution is 0.0993. The van der Waals surface area contributed by atoms with Gasteiger partial charge in [-0.3, -0.25) is 4.79 Å². The summed E-state index contributed by atoms with van der Waals surface area (Å²) in [4.78, 5) is 18.2. The van der Waals surface area contributed by atoms with Gasteiger partial charge in [0.15, 0.2) is 11.5 Å². The average molecular weight is 574 g/mol. The summed E-state index contributed by atoms with van der Waals surface area (Å²) in [5, 5.41) is 6.21. The summed E-state index contributed by atoms with van der Waals surface area (Å²) in [6, 6.07) is 18.7. The van der Waals surface area contributed by atoms with Gasteiger partial charge in [0, 0.05) is 29.1 Å². The number of rotatable bonds is 9. The van der Waals surface area contributed by atoms with Gasteiger partial charge >= 0.3 is 0 Å². The van der Waals surface area contributed by atoms with Crippen LogP contribution in [0.15, 0.2) is 71.3 Å². The van der Waals surface area contributed by atoms with Crippen molar-refractivity contribution in [3.8, 4) is 28.1 Å². The van der Waals surface area contributed by atoms with Crippen LogP contribution in [0.4, 0.5) is 0 Å². The van der Waals surface area contributed by atoms with Crippen molar-refractivity contribution >= 4 is 44.7 Å². The molecule has 40 heavy (non-hydrogen) atoms. The van der Waals surface area contributed by atoms with Gasteiger partial charge in [0.25, 0.3) is 5.19 Å². The number of hydrogen-bond donors (Lipinski definition) is 0. The standard InChI is InChI=1S/C30H24ClN3O5S/c1-17-7-20(11-21(31)8-17)25(35)10-18-5-4-6-19(9-18)16-38-26-12-22(36-2)13-27-23(26)14-28(39-27)24-15-34-29(32-24)40-30(33-34)37-3/h4-9,11-15H,10,16H2,1-3H3. The average Bonchev–Trinajstić information content (AvgIpc) is 3.64. The van der Waals surface area contributed by atoms with Crippen LogP contribution in [0.5, 0.6) is 16.7 Å². The van der Waals surface area contributed by atoms with E-state index in [1.54, 1.807) is 31.0 Å². The van der Waals surface area contributed by atoms with Crippen LogP contribution in [0, 0.1) is 6.92 Å². The van der Waals surface area contributed by atoms with Crippen LogP contribution < -0.4 is 14.2 Å². The maximum absolute atomic E-state index is 12.9. The predicted molar refractivity (Wildman–Crippen MR) is 154 cm³/mol. The highest BCUT2D eigenvalue weighted by Gasteiger charge is 2.17. The molecule has 6 aromatic rings. The van der Waals surface area contributed by atoms with Crippen molar-refractivity contribution in [2.24, 2.45) is 0 Å². The Labute approximate surface area is 238 Å². The topological polar surface area (TPSA) is 88.1 Å². The molecule has 0 saturated heterocycles. The Kier molecular flexibility index (Phi) is 6.91. The molecule has 10 heteroatoms. The first kappa shape index (κ1) is 25.9. The number of carbonyl (C=O) groups is 1. The summed E-state index contributed by atoms with van der Waals surface area (Å²) < 4.78 is 24.7. The lowest BCUT2D eigenvalue weighted by atomic mass is 10.0. The van der Waals surface area contributed by atoms with Crippen LogP contribution in [0.3, 0.4) is 0 Å². The molecule has 0 radical (unpaired) electrons. The number of furan rings is 1. The highest BCUT2D eigenvalue weighted by Crippen LogP contribution is 2.37. The van der Waals surface area contributed by atoms with Crippen molar-refractivity contribution in [1.29, 1.82) is 0 Å². The Morgan fingerprint density at radius 2 is 1.90 bits per heavy atom. The summed E-state index contributed by atoms with van der Waals surface area (Å²) in [5.74, 6) is 1.82. The Bertz CT molecular complexity index is 1820. The van der Waals surface area contributed by atoms with Gasteiger partial charge in [0.1, 0.15) is 29.4 Å². The number of Topliss-reactive ketones (excluding diaryl/α,β-unsaturated/α-hetero) is 1. The number of fused-ring (bicyclic) bond motifs is 2. The zero-order valence-corrected chi connectivity index (χ0v) is 23.5. The first-order valence-corrected chi connectivity index (χ1v) is 13.6. The predicted octanol–water partition coefficient (Wildman–Crippen LogP) is 7.19. The Morgan fingerprint density at radius 3 is 2.67 bits per heavy atom. The Balaban J connectivity index is 1.23. The third-order valence-corrected chi connectivity index (χ3v) is 7.48. The normalized spacial score (nSPS) is 11.3. The van der Waals surface area contributed by atoms with E-state index in [4.69, 9.17) is 30.2 Å². The highest BCUT2D eigenvalue weighted by atomic mass is 35.5. The zero-order chi connectivity index (χ0) is 27.8. The summed E-state index contributed by atoms with van der Waals surface area (Å²) in [7, 11) is 3.17. The van der Waals surface area contributed by atoms with E-state index in [2.05, 4.69) is 10.1 Å². The Hall–Kier alpha value is -4.34. The minimum absolute atomic E-state index is 0.0110. The van der Waals surface area contributed by atoms with Crippen LogP contribution in [0.2, 0.25) is 5.02 Å². The van der Waals surface area contributed by atoms with Gasteiger partial charge < -0.3 is 18.6 Å². The molecule has 3 aromatic carbocycles. The van der Waals surface area contributed by atoms with Crippen molar-refractivity contribution in [3.63, 3.8) is 0 Å². The van der Waals surface area contributed by atoms with E-state index in [-0.39, 0.29) is 12.2 Å². The van der Waals surface area contributed by atoms with E-state index in [0.717, 1.165) is 22.1 Å². The number of carbonyl (C=O) groups excluding carboxylic acids is 1. The van der Waals surface area contributed by atoms with Gasteiger partial charge in [-0.05, 0) is 59.2 Å². The van der Waals surface area contributed by atoms with Crippen LogP contribution in [0.25, 0.3) is 27.4 Å². The molecule has 0 unspecified atom stereocenters. The molecule has 0 N–H and O–H groups in total. The number of aryl methyl sites for hydroxylation is 1. The molecule has 0 bridgehead atoms. The molecule has 3 aromatic heterocycles. The number of ether oxygens (including phenoxy) is 3. The number of hydrogen-bond acceptors (Lipinski definition) is 8. The summed E-state index contributed by atoms with van der Waals surface area (Å²) in [5.41, 5.74) is 4.65. The fourth-order valence-electron chi connectivity index (χ4n) is 4.50. The molecule has 0 saturated carbocycles. The molecule has 6 rings (SSSR count). The van der Waals surface area contributed by atoms with Crippen LogP contribution in [-0.2, 0) is 13.0 Å². The number of nitrogens with zero attached hydrogens (tertiary/aromatic N) is 3. The smallest absolute Gasteiger partial charge is 0.294 e. The van der Waals surface area contributed by atoms with Crippen LogP contribution in [0.1, 0.15) is 27.0 Å². The second-order valence-corrected chi connectivity index (χ2v) is 10.7. The van der Waals surface area contributed by atoms with Gasteiger partial charge in [-0.15, -0.1) is 5.10 Å². The first-order chi connectivity index (χ1) is 19.4. The van der Waals surface area contributed by atoms with Crippen LogP contribution in [-0.4, -0.2) is 34.6 Å². The summed E-state index contributed by atoms with van der Waals surface area (Å²) >= 11 is 7.49. The van der Waals surface area contributed by atoms with Gasteiger partial charge in [-0.1, -0.05) is 35.9 Å². The monoisotopic (exact) mass is 573 g/mol. The van der Waals surface area contributed by atoms with E-state index in [9.17, 15) is 4.79 Å². The molecular weight excluding hydrogens is 550 g/mol. The van der Waals surface area contributed by atoms with Crippen molar-refractivity contribution in [1.82, 2.24) is 14.6 Å². The second kappa shape index (κ2) is 10.7. The quantitative estimate of drug-likeness (QED) is 0.169. The van der Waals surface area contributed by atoms with E-state index in [1.807, 2.05) is 61.5 Å². The summed E-state index contributed by atoms with van der Waals surface area (Å²) in [6.07, 6.45) is 2.06. The lowest BCUT2D eigenvalue weighted by Crippen LogP contribution is -2.05. The molecule has 0 aliphatic rings. The third kappa shape index (κ3) is 5.25. The molecule has 3 heterocycles. The van der Waals surface area contributed by atoms with Gasteiger partial charge in [-0.25, -0.2) is 9.50 Å². The number of methoxy groups -OCH3 is 2. The van der Waals surface area contributed by atoms with E-state index >= 15 is 0 Å². The maximum atomic E-state index is 12.9. The van der Waals surface area contributed by atoms with Crippen molar-refractivity contribution in [2.75, 3.05) is 14.2 Å². The Morgan fingerprint density at radius 1 is 1.05 bits per heavy atom. The maximum Gasteiger partial charge on any atom is 0.294 e. The summed E-state index contributed by atoms with van der Waals surface area (Å²) in [6.45, 7) is 2.22. The SMILES string of the molecule is COc1cc(OCc2cccc(CC(=O)c3cc(C)cc(Cl)c3)c2)c2cc(-c3cn4nc(OC)sc4n3)oc2c1. The lowest BCUT2D eigenvalue weighted by Gasteiger charge is -2.10. The van der Waals surface area contributed by atoms with Crippen molar-refractivity contribution in [3.05, 3.63) is 94.1 Å². The highest BCUT2D eigenvalue weighted by molar-refractivity contribution is 7.18. The molecule has 0 aliphatic heterocycles. The van der Waals surface area contributed by atoms with Crippen LogP contribution >= 0.6 is 22.9 Å². The molecule has 0 atom stereocenters. The molecule has 0 fully saturated rings. The number of aromatic nitrogens is 3. The number of halogens is 1. The largest absolute Gasteiger partial charge is 0.496 e. The van der Waals surface area contributed by atoms with Crippen molar-refractivity contribution < 1.29 is 23.4 Å². The minimum Gasteiger partial charge on any atom is -0.496 e. The fraction of sp³-hybridized carbons (Fsp3) is 0.167. The van der Waals surface area contributed by atoms with Crippen molar-refractivity contribution in [2.45, 2.75) is 20.0 Å². The molecule has 0 spiro atoms. The van der Waals surface area contributed by atoms with Gasteiger partial charge in [-0.2, -0.15) is 0 Å². The van der Waals surface area contributed by atoms with E-state index in [1.165, 1.54) is 11.3 Å². The van der Waals surface area contributed by atoms with Gasteiger partial charge in [0.05, 0.1) is 25.8 Å². The molecule has 202 valence electrons. The number of benzene rings is 3. The number of ketones is 1. The zero-order valence-electron chi connectivity index (χ0n) is 21.9. The molecule has 0 aliphatic carbocycles. The first-order valence-electron chi connectivity index (χ1n) is 12.4. The number of imidazole rings is 1. The molecule has 0 amide bonds. The molecule has 8 nitrogen and oxygen atoms in total. The fourth-order valence-corrected chi connectivity index (χ4v) is 5.49. The second-order valence-electron chi connectivity index (χ2n) is 9.30. The third-order valence-electron chi connectivity index (χ3n) is 6.37. The van der Waals surface area contributed by atoms with Gasteiger partial charge in [0.2, 0.25) is 4.96 Å². The minimum atomic E-state index is 0.0110. The molecular formula is C30H24ClN3O5S. The van der Waals surface area contributed by atoms with E-state index in [0.29, 0.717) is 55.9 Å². The van der Waals surface area contributed by atoms with E-state index < -0.39 is 0 Å².